The van der Waals surface area contributed by atoms with E-state index in [0.717, 1.165) is 49.6 Å². The van der Waals surface area contributed by atoms with Gasteiger partial charge >= 0.3 is 0 Å². The fourth-order valence-electron chi connectivity index (χ4n) is 7.65. The van der Waals surface area contributed by atoms with Crippen molar-refractivity contribution in [2.45, 2.75) is 77.2 Å². The van der Waals surface area contributed by atoms with Crippen LogP contribution in [-0.4, -0.2) is 21.5 Å². The molecule has 4 aliphatic carbocycles. The number of hydrogen-bond acceptors (Lipinski definition) is 4. The van der Waals surface area contributed by atoms with E-state index in [1.165, 1.54) is 22.3 Å². The number of hydrogen-bond donors (Lipinski definition) is 1. The van der Waals surface area contributed by atoms with Crippen molar-refractivity contribution in [2.24, 2.45) is 17.3 Å². The number of benzene rings is 1. The average molecular weight is 442 g/mol. The summed E-state index contributed by atoms with van der Waals surface area (Å²) in [5.41, 5.74) is 5.92. The van der Waals surface area contributed by atoms with Gasteiger partial charge in [0, 0.05) is 24.7 Å². The van der Waals surface area contributed by atoms with Crippen LogP contribution in [0.15, 0.2) is 45.4 Å². The molecule has 0 amide bonds. The summed E-state index contributed by atoms with van der Waals surface area (Å²) in [6.45, 7) is 5.99. The number of aliphatic hydroxyl groups is 1. The fraction of sp³-hybridized carbons (Fsp3) is 0.517. The van der Waals surface area contributed by atoms with Gasteiger partial charge in [0.25, 0.3) is 0 Å². The van der Waals surface area contributed by atoms with Gasteiger partial charge in [-0.2, -0.15) is 0 Å². The maximum atomic E-state index is 12.2. The Morgan fingerprint density at radius 2 is 2.06 bits per heavy atom. The lowest BCUT2D eigenvalue weighted by Crippen LogP contribution is -2.51. The molecule has 0 unspecified atom stereocenters. The first-order valence-corrected chi connectivity index (χ1v) is 12.3. The Labute approximate surface area is 195 Å². The SMILES string of the molecule is CC#C[C@]1(O)CC[C@H]2[C@@H]3CCC4=CC(=O)CCC4=C3[C@@H](c3ccc4oc(C)nc4c3)C[C@@]21C. The zero-order valence-corrected chi connectivity index (χ0v) is 19.7. The summed E-state index contributed by atoms with van der Waals surface area (Å²) in [6, 6.07) is 6.39. The molecule has 33 heavy (non-hydrogen) atoms. The number of carbonyl (C=O) groups excluding carboxylic acids is 1. The van der Waals surface area contributed by atoms with Crippen molar-refractivity contribution in [3.63, 3.8) is 0 Å². The Morgan fingerprint density at radius 1 is 1.21 bits per heavy atom. The minimum atomic E-state index is -0.950. The van der Waals surface area contributed by atoms with Crippen LogP contribution in [0.4, 0.5) is 0 Å². The van der Waals surface area contributed by atoms with E-state index in [1.807, 2.05) is 26.0 Å². The lowest BCUT2D eigenvalue weighted by Gasteiger charge is -2.53. The van der Waals surface area contributed by atoms with Crippen LogP contribution in [0.1, 0.15) is 76.2 Å². The molecule has 4 heteroatoms. The van der Waals surface area contributed by atoms with Gasteiger partial charge in [0.2, 0.25) is 0 Å². The standard InChI is InChI=1S/C29H31NO3/c1-4-12-29(32)13-11-24-22-8-5-18-14-20(31)7-9-21(18)27(22)23(16-28(24,29)3)19-6-10-26-25(15-19)30-17(2)33-26/h6,10,14-15,22-24,32H,5,7-9,11,13,16H2,1-3H3/t22-,23+,24-,28-,29-/m0/s1. The first kappa shape index (κ1) is 20.9. The lowest BCUT2D eigenvalue weighted by atomic mass is 9.51. The van der Waals surface area contributed by atoms with Gasteiger partial charge in [-0.1, -0.05) is 24.5 Å². The van der Waals surface area contributed by atoms with Crippen molar-refractivity contribution in [1.29, 1.82) is 0 Å². The maximum absolute atomic E-state index is 12.2. The Kier molecular flexibility index (Phi) is 4.55. The molecular weight excluding hydrogens is 410 g/mol. The van der Waals surface area contributed by atoms with Crippen LogP contribution in [-0.2, 0) is 4.79 Å². The lowest BCUT2D eigenvalue weighted by molar-refractivity contribution is -0.114. The van der Waals surface area contributed by atoms with Gasteiger partial charge in [-0.05, 0) is 92.2 Å². The van der Waals surface area contributed by atoms with Gasteiger partial charge < -0.3 is 9.52 Å². The number of aromatic nitrogens is 1. The number of aryl methyl sites for hydroxylation is 1. The quantitative estimate of drug-likeness (QED) is 0.569. The van der Waals surface area contributed by atoms with E-state index in [4.69, 9.17) is 4.42 Å². The second-order valence-corrected chi connectivity index (χ2v) is 10.7. The van der Waals surface area contributed by atoms with Crippen LogP contribution >= 0.6 is 0 Å². The molecule has 6 rings (SSSR count). The van der Waals surface area contributed by atoms with Gasteiger partial charge in [0.05, 0.1) is 0 Å². The van der Waals surface area contributed by atoms with Crippen molar-refractivity contribution < 1.29 is 14.3 Å². The molecule has 1 aromatic heterocycles. The number of nitrogens with zero attached hydrogens (tertiary/aromatic N) is 1. The zero-order chi connectivity index (χ0) is 23.0. The summed E-state index contributed by atoms with van der Waals surface area (Å²) in [5.74, 6) is 8.23. The van der Waals surface area contributed by atoms with E-state index in [2.05, 4.69) is 35.9 Å². The number of carbonyl (C=O) groups is 1. The van der Waals surface area contributed by atoms with E-state index in [0.29, 0.717) is 24.1 Å². The third-order valence-corrected chi connectivity index (χ3v) is 9.14. The van der Waals surface area contributed by atoms with Crippen molar-refractivity contribution in [1.82, 2.24) is 4.98 Å². The van der Waals surface area contributed by atoms with Crippen LogP contribution in [0.5, 0.6) is 0 Å². The molecule has 0 saturated heterocycles. The molecule has 2 saturated carbocycles. The Morgan fingerprint density at radius 3 is 2.88 bits per heavy atom. The Hall–Kier alpha value is -2.64. The number of ketones is 1. The summed E-state index contributed by atoms with van der Waals surface area (Å²) in [4.78, 5) is 16.8. The molecule has 0 aliphatic heterocycles. The van der Waals surface area contributed by atoms with Crippen LogP contribution in [0, 0.1) is 36.0 Å². The van der Waals surface area contributed by atoms with Gasteiger partial charge in [-0.3, -0.25) is 4.79 Å². The molecule has 2 aromatic rings. The molecule has 1 aromatic carbocycles. The normalized spacial score (nSPS) is 35.5. The molecule has 1 heterocycles. The smallest absolute Gasteiger partial charge is 0.192 e. The minimum absolute atomic E-state index is 0.188. The minimum Gasteiger partial charge on any atom is -0.441 e. The molecule has 4 nitrogen and oxygen atoms in total. The van der Waals surface area contributed by atoms with E-state index >= 15 is 0 Å². The largest absolute Gasteiger partial charge is 0.441 e. The first-order chi connectivity index (χ1) is 15.8. The molecule has 2 fully saturated rings. The zero-order valence-electron chi connectivity index (χ0n) is 19.7. The molecular formula is C29H31NO3. The van der Waals surface area contributed by atoms with E-state index in [9.17, 15) is 9.90 Å². The van der Waals surface area contributed by atoms with Crippen LogP contribution in [0.3, 0.4) is 0 Å². The van der Waals surface area contributed by atoms with Crippen LogP contribution < -0.4 is 0 Å². The van der Waals surface area contributed by atoms with Gasteiger partial charge in [-0.15, -0.1) is 5.92 Å². The molecule has 0 radical (unpaired) electrons. The Bertz CT molecular complexity index is 1300. The summed E-state index contributed by atoms with van der Waals surface area (Å²) in [7, 11) is 0. The van der Waals surface area contributed by atoms with Crippen molar-refractivity contribution >= 4 is 16.9 Å². The predicted molar refractivity (Wildman–Crippen MR) is 127 cm³/mol. The number of allylic oxidation sites excluding steroid dienone is 4. The van der Waals surface area contributed by atoms with Crippen molar-refractivity contribution in [3.8, 4) is 11.8 Å². The molecule has 0 spiro atoms. The molecule has 4 aliphatic rings. The van der Waals surface area contributed by atoms with Crippen molar-refractivity contribution in [3.05, 3.63) is 52.4 Å². The summed E-state index contributed by atoms with van der Waals surface area (Å²) in [6.07, 6.45) is 7.99. The van der Waals surface area contributed by atoms with E-state index in [-0.39, 0.29) is 17.1 Å². The van der Waals surface area contributed by atoms with Gasteiger partial charge in [0.15, 0.2) is 17.3 Å². The highest BCUT2D eigenvalue weighted by atomic mass is 16.3. The van der Waals surface area contributed by atoms with Gasteiger partial charge in [-0.25, -0.2) is 4.98 Å². The number of rotatable bonds is 1. The van der Waals surface area contributed by atoms with Gasteiger partial charge in [0.1, 0.15) is 11.1 Å². The summed E-state index contributed by atoms with van der Waals surface area (Å²) in [5, 5.41) is 11.8. The molecule has 1 N–H and O–H groups in total. The maximum Gasteiger partial charge on any atom is 0.192 e. The summed E-state index contributed by atoms with van der Waals surface area (Å²) >= 11 is 0. The second-order valence-electron chi connectivity index (χ2n) is 10.7. The number of oxazole rings is 1. The molecule has 170 valence electrons. The topological polar surface area (TPSA) is 63.3 Å². The highest BCUT2D eigenvalue weighted by molar-refractivity contribution is 5.93. The van der Waals surface area contributed by atoms with Crippen LogP contribution in [0.25, 0.3) is 11.1 Å². The van der Waals surface area contributed by atoms with Crippen LogP contribution in [0.2, 0.25) is 0 Å². The highest BCUT2D eigenvalue weighted by Gasteiger charge is 2.62. The Balaban J connectivity index is 1.56. The number of fused-ring (bicyclic) bond motifs is 5. The predicted octanol–water partition coefficient (Wildman–Crippen LogP) is 5.79. The monoisotopic (exact) mass is 441 g/mol. The fourth-order valence-corrected chi connectivity index (χ4v) is 7.65. The van der Waals surface area contributed by atoms with E-state index in [1.54, 1.807) is 0 Å². The average Bonchev–Trinajstić information content (AvgIpc) is 3.28. The first-order valence-electron chi connectivity index (χ1n) is 12.3. The molecule has 0 bridgehead atoms. The molecule has 5 atom stereocenters. The summed E-state index contributed by atoms with van der Waals surface area (Å²) < 4.78 is 5.74. The third-order valence-electron chi connectivity index (χ3n) is 9.14. The second kappa shape index (κ2) is 7.18. The highest BCUT2D eigenvalue weighted by Crippen LogP contribution is 2.66. The van der Waals surface area contributed by atoms with E-state index < -0.39 is 5.60 Å². The third kappa shape index (κ3) is 2.95. The van der Waals surface area contributed by atoms with Crippen molar-refractivity contribution in [2.75, 3.05) is 0 Å².